The Bertz CT molecular complexity index is 783. The van der Waals surface area contributed by atoms with E-state index in [1.807, 2.05) is 4.90 Å². The zero-order valence-corrected chi connectivity index (χ0v) is 14.4. The Balaban J connectivity index is 1.46. The van der Waals surface area contributed by atoms with Gasteiger partial charge in [-0.3, -0.25) is 14.5 Å². The van der Waals surface area contributed by atoms with Gasteiger partial charge >= 0.3 is 0 Å². The number of benzene rings is 1. The lowest BCUT2D eigenvalue weighted by Crippen LogP contribution is -2.43. The van der Waals surface area contributed by atoms with Gasteiger partial charge in [0.25, 0.3) is 0 Å². The number of carbonyl (C=O) groups is 2. The third-order valence-electron chi connectivity index (χ3n) is 4.56. The molecule has 7 nitrogen and oxygen atoms in total. The molecule has 0 unspecified atom stereocenters. The van der Waals surface area contributed by atoms with Crippen LogP contribution >= 0.6 is 0 Å². The summed E-state index contributed by atoms with van der Waals surface area (Å²) in [5.74, 6) is -0.749. The van der Waals surface area contributed by atoms with Crippen LogP contribution in [-0.4, -0.2) is 46.1 Å². The lowest BCUT2D eigenvalue weighted by molar-refractivity contribution is -0.124. The fraction of sp³-hybridized carbons (Fsp3) is 0.389. The van der Waals surface area contributed by atoms with E-state index in [9.17, 15) is 14.0 Å². The molecule has 8 heteroatoms. The Labute approximate surface area is 151 Å². The summed E-state index contributed by atoms with van der Waals surface area (Å²) in [4.78, 5) is 25.3. The van der Waals surface area contributed by atoms with Crippen molar-refractivity contribution in [1.29, 1.82) is 0 Å². The fourth-order valence-corrected chi connectivity index (χ4v) is 3.05. The molecule has 1 saturated heterocycles. The molecule has 0 radical (unpaired) electrons. The van der Waals surface area contributed by atoms with E-state index < -0.39 is 0 Å². The van der Waals surface area contributed by atoms with Gasteiger partial charge in [0.05, 0.1) is 18.4 Å². The van der Waals surface area contributed by atoms with Gasteiger partial charge in [-0.05, 0) is 44.1 Å². The van der Waals surface area contributed by atoms with Crippen molar-refractivity contribution in [2.75, 3.05) is 19.6 Å². The number of carbonyl (C=O) groups excluding carboxylic acids is 2. The van der Waals surface area contributed by atoms with Gasteiger partial charge in [-0.15, -0.1) is 0 Å². The highest BCUT2D eigenvalue weighted by atomic mass is 19.1. The maximum atomic E-state index is 13.3. The lowest BCUT2D eigenvalue weighted by Gasteiger charge is -2.29. The van der Waals surface area contributed by atoms with Crippen LogP contribution in [-0.2, 0) is 16.1 Å². The second-order valence-corrected chi connectivity index (χ2v) is 6.50. The standard InChI is InChI=1S/C18H22FN5O2/c19-15-2-1-3-16(8-15)24-11-13(10-22-24)9-21-17(25)12-23-6-4-14(5-7-23)18(20)26/h1-3,8,10-11,14H,4-7,9,12H2,(H2,20,26)(H,21,25). The maximum Gasteiger partial charge on any atom is 0.234 e. The SMILES string of the molecule is NC(=O)C1CCN(CC(=O)NCc2cnn(-c3cccc(F)c3)c2)CC1. The molecule has 138 valence electrons. The highest BCUT2D eigenvalue weighted by Crippen LogP contribution is 2.16. The van der Waals surface area contributed by atoms with Crippen LogP contribution in [0.3, 0.4) is 0 Å². The van der Waals surface area contributed by atoms with Crippen molar-refractivity contribution in [2.45, 2.75) is 19.4 Å². The molecule has 26 heavy (non-hydrogen) atoms. The van der Waals surface area contributed by atoms with Gasteiger partial charge in [0, 0.05) is 24.2 Å². The number of amides is 2. The molecular formula is C18H22FN5O2. The van der Waals surface area contributed by atoms with Crippen molar-refractivity contribution in [3.63, 3.8) is 0 Å². The molecule has 2 aromatic rings. The normalized spacial score (nSPS) is 15.7. The summed E-state index contributed by atoms with van der Waals surface area (Å²) in [6.07, 6.45) is 4.79. The number of nitrogens with zero attached hydrogens (tertiary/aromatic N) is 3. The molecule has 2 heterocycles. The van der Waals surface area contributed by atoms with Crippen LogP contribution in [0.1, 0.15) is 18.4 Å². The predicted octanol–water partition coefficient (Wildman–Crippen LogP) is 0.825. The fourth-order valence-electron chi connectivity index (χ4n) is 3.05. The van der Waals surface area contributed by atoms with Crippen molar-refractivity contribution in [1.82, 2.24) is 20.0 Å². The van der Waals surface area contributed by atoms with Crippen LogP contribution < -0.4 is 11.1 Å². The molecule has 1 aromatic carbocycles. The summed E-state index contributed by atoms with van der Waals surface area (Å²) in [7, 11) is 0. The Morgan fingerprint density at radius 2 is 2.08 bits per heavy atom. The molecule has 1 aliphatic heterocycles. The number of aromatic nitrogens is 2. The molecule has 3 rings (SSSR count). The van der Waals surface area contributed by atoms with Crippen LogP contribution in [0.15, 0.2) is 36.7 Å². The molecule has 0 spiro atoms. The smallest absolute Gasteiger partial charge is 0.234 e. The van der Waals surface area contributed by atoms with Crippen molar-refractivity contribution < 1.29 is 14.0 Å². The van der Waals surface area contributed by atoms with Gasteiger partial charge in [0.1, 0.15) is 5.82 Å². The van der Waals surface area contributed by atoms with Crippen LogP contribution in [0, 0.1) is 11.7 Å². The number of nitrogens with one attached hydrogen (secondary N) is 1. The first kappa shape index (κ1) is 18.1. The third kappa shape index (κ3) is 4.66. The molecule has 0 saturated carbocycles. The molecule has 1 aromatic heterocycles. The summed E-state index contributed by atoms with van der Waals surface area (Å²) in [6, 6.07) is 6.15. The van der Waals surface area contributed by atoms with Crippen LogP contribution in [0.25, 0.3) is 5.69 Å². The molecule has 2 amide bonds. The van der Waals surface area contributed by atoms with E-state index in [0.717, 1.165) is 5.56 Å². The highest BCUT2D eigenvalue weighted by Gasteiger charge is 2.24. The van der Waals surface area contributed by atoms with E-state index in [1.165, 1.54) is 12.1 Å². The van der Waals surface area contributed by atoms with E-state index in [-0.39, 0.29) is 23.5 Å². The number of likely N-dealkylation sites (tertiary alicyclic amines) is 1. The number of nitrogens with two attached hydrogens (primary N) is 1. The van der Waals surface area contributed by atoms with E-state index >= 15 is 0 Å². The van der Waals surface area contributed by atoms with E-state index in [1.54, 1.807) is 29.2 Å². The van der Waals surface area contributed by atoms with Crippen molar-refractivity contribution in [2.24, 2.45) is 11.7 Å². The monoisotopic (exact) mass is 359 g/mol. The first-order valence-electron chi connectivity index (χ1n) is 8.59. The zero-order chi connectivity index (χ0) is 18.5. The molecular weight excluding hydrogens is 337 g/mol. The molecule has 1 aliphatic rings. The van der Waals surface area contributed by atoms with Crippen molar-refractivity contribution in [3.8, 4) is 5.69 Å². The topological polar surface area (TPSA) is 93.2 Å². The van der Waals surface area contributed by atoms with Crippen molar-refractivity contribution >= 4 is 11.8 Å². The minimum Gasteiger partial charge on any atom is -0.369 e. The molecule has 1 fully saturated rings. The number of rotatable bonds is 6. The van der Waals surface area contributed by atoms with Gasteiger partial charge in [-0.25, -0.2) is 9.07 Å². The van der Waals surface area contributed by atoms with Gasteiger partial charge in [0.15, 0.2) is 0 Å². The third-order valence-corrected chi connectivity index (χ3v) is 4.56. The summed E-state index contributed by atoms with van der Waals surface area (Å²) in [6.45, 7) is 2.03. The molecule has 0 aliphatic carbocycles. The Morgan fingerprint density at radius 1 is 1.31 bits per heavy atom. The van der Waals surface area contributed by atoms with Gasteiger partial charge in [-0.2, -0.15) is 5.10 Å². The van der Waals surface area contributed by atoms with Crippen LogP contribution in [0.2, 0.25) is 0 Å². The quantitative estimate of drug-likeness (QED) is 0.799. The number of hydrogen-bond acceptors (Lipinski definition) is 4. The summed E-state index contributed by atoms with van der Waals surface area (Å²) in [5.41, 5.74) is 6.77. The largest absolute Gasteiger partial charge is 0.369 e. The Morgan fingerprint density at radius 3 is 2.77 bits per heavy atom. The van der Waals surface area contributed by atoms with Gasteiger partial charge in [-0.1, -0.05) is 6.07 Å². The van der Waals surface area contributed by atoms with E-state index in [0.29, 0.717) is 44.7 Å². The molecule has 0 bridgehead atoms. The second kappa shape index (κ2) is 8.09. The van der Waals surface area contributed by atoms with Crippen LogP contribution in [0.5, 0.6) is 0 Å². The van der Waals surface area contributed by atoms with Crippen molar-refractivity contribution in [3.05, 3.63) is 48.0 Å². The summed E-state index contributed by atoms with van der Waals surface area (Å²) in [5, 5.41) is 7.05. The van der Waals surface area contributed by atoms with E-state index in [4.69, 9.17) is 5.73 Å². The number of primary amides is 1. The molecule has 3 N–H and O–H groups in total. The first-order chi connectivity index (χ1) is 12.5. The minimum atomic E-state index is -0.326. The van der Waals surface area contributed by atoms with Gasteiger partial charge < -0.3 is 11.1 Å². The lowest BCUT2D eigenvalue weighted by atomic mass is 9.96. The first-order valence-corrected chi connectivity index (χ1v) is 8.59. The summed E-state index contributed by atoms with van der Waals surface area (Å²) >= 11 is 0. The summed E-state index contributed by atoms with van der Waals surface area (Å²) < 4.78 is 14.8. The van der Waals surface area contributed by atoms with Gasteiger partial charge in [0.2, 0.25) is 11.8 Å². The second-order valence-electron chi connectivity index (χ2n) is 6.50. The van der Waals surface area contributed by atoms with E-state index in [2.05, 4.69) is 10.4 Å². The zero-order valence-electron chi connectivity index (χ0n) is 14.4. The average molecular weight is 359 g/mol. The average Bonchev–Trinajstić information content (AvgIpc) is 3.09. The highest BCUT2D eigenvalue weighted by molar-refractivity contribution is 5.78. The number of piperidine rings is 1. The van der Waals surface area contributed by atoms with Crippen LogP contribution in [0.4, 0.5) is 4.39 Å². The maximum absolute atomic E-state index is 13.3. The number of hydrogen-bond donors (Lipinski definition) is 2. The minimum absolute atomic E-state index is 0.0806. The Kier molecular flexibility index (Phi) is 5.62. The predicted molar refractivity (Wildman–Crippen MR) is 93.7 cm³/mol. The Hall–Kier alpha value is -2.74. The molecule has 0 atom stereocenters. The number of halogens is 1.